The van der Waals surface area contributed by atoms with Gasteiger partial charge in [-0.05, 0) is 18.9 Å². The number of guanidine groups is 1. The van der Waals surface area contributed by atoms with Crippen LogP contribution in [0.1, 0.15) is 26.1 Å². The number of hydrogen-bond acceptors (Lipinski definition) is 5. The summed E-state index contributed by atoms with van der Waals surface area (Å²) in [5.74, 6) is 0.794. The number of halogens is 1. The fourth-order valence-corrected chi connectivity index (χ4v) is 4.23. The van der Waals surface area contributed by atoms with Crippen LogP contribution in [0.25, 0.3) is 0 Å². The summed E-state index contributed by atoms with van der Waals surface area (Å²) in [6.07, 6.45) is 4.83. The summed E-state index contributed by atoms with van der Waals surface area (Å²) < 4.78 is 0. The van der Waals surface area contributed by atoms with E-state index in [0.29, 0.717) is 6.54 Å². The first kappa shape index (κ1) is 22.8. The van der Waals surface area contributed by atoms with E-state index in [9.17, 15) is 0 Å². The maximum absolute atomic E-state index is 4.73. The Morgan fingerprint density at radius 3 is 2.61 bits per heavy atom. The van der Waals surface area contributed by atoms with Crippen LogP contribution in [0, 0.1) is 6.92 Å². The molecule has 0 aliphatic rings. The summed E-state index contributed by atoms with van der Waals surface area (Å²) in [5.41, 5.74) is 2.41. The smallest absolute Gasteiger partial charge is 0.191 e. The molecule has 0 fully saturated rings. The minimum absolute atomic E-state index is 0. The van der Waals surface area contributed by atoms with Gasteiger partial charge in [0.05, 0.1) is 22.3 Å². The zero-order chi connectivity index (χ0) is 18.9. The summed E-state index contributed by atoms with van der Waals surface area (Å²) in [4.78, 5) is 14.6. The molecule has 2 heterocycles. The Hall–Kier alpha value is -1.52. The van der Waals surface area contributed by atoms with Gasteiger partial charge in [-0.2, -0.15) is 0 Å². The van der Waals surface area contributed by atoms with Gasteiger partial charge in [-0.25, -0.2) is 9.97 Å². The molecule has 2 aromatic heterocycles. The highest BCUT2D eigenvalue weighted by molar-refractivity contribution is 14.0. The average Bonchev–Trinajstić information content (AvgIpc) is 3.32. The van der Waals surface area contributed by atoms with Gasteiger partial charge in [-0.1, -0.05) is 30.3 Å². The third-order valence-corrected chi connectivity index (χ3v) is 5.96. The predicted octanol–water partition coefficient (Wildman–Crippen LogP) is 4.22. The number of rotatable bonds is 8. The third kappa shape index (κ3) is 7.48. The van der Waals surface area contributed by atoms with Crippen LogP contribution in [0.2, 0.25) is 0 Å². The summed E-state index contributed by atoms with van der Waals surface area (Å²) in [5, 5.41) is 11.1. The van der Waals surface area contributed by atoms with Crippen molar-refractivity contribution in [2.75, 3.05) is 13.6 Å². The molecule has 0 saturated carbocycles. The van der Waals surface area contributed by atoms with E-state index >= 15 is 0 Å². The first-order chi connectivity index (χ1) is 13.2. The number of aromatic nitrogens is 2. The number of nitrogens with one attached hydrogen (secondary N) is 2. The van der Waals surface area contributed by atoms with Gasteiger partial charge in [0.15, 0.2) is 5.96 Å². The minimum atomic E-state index is 0. The molecule has 0 unspecified atom stereocenters. The molecule has 0 spiro atoms. The average molecular weight is 528 g/mol. The first-order valence-electron chi connectivity index (χ1n) is 9.06. The maximum Gasteiger partial charge on any atom is 0.191 e. The molecule has 1 aromatic carbocycles. The lowest BCUT2D eigenvalue weighted by atomic mass is 10.1. The van der Waals surface area contributed by atoms with E-state index in [4.69, 9.17) is 4.98 Å². The molecular formula is C20H26IN5S2. The molecule has 0 radical (unpaired) electrons. The summed E-state index contributed by atoms with van der Waals surface area (Å²) in [6.45, 7) is 3.57. The zero-order valence-corrected chi connectivity index (χ0v) is 20.1. The molecule has 0 aliphatic carbocycles. The van der Waals surface area contributed by atoms with Crippen molar-refractivity contribution in [1.29, 1.82) is 0 Å². The van der Waals surface area contributed by atoms with Crippen LogP contribution in [-0.4, -0.2) is 29.5 Å². The van der Waals surface area contributed by atoms with Crippen molar-refractivity contribution in [2.45, 2.75) is 32.7 Å². The second-order valence-electron chi connectivity index (χ2n) is 6.19. The van der Waals surface area contributed by atoms with Gasteiger partial charge in [-0.15, -0.1) is 46.7 Å². The highest BCUT2D eigenvalue weighted by Gasteiger charge is 2.05. The number of nitrogens with zero attached hydrogens (tertiary/aromatic N) is 3. The van der Waals surface area contributed by atoms with Crippen LogP contribution in [0.15, 0.2) is 46.9 Å². The maximum atomic E-state index is 4.73. The second-order valence-corrected chi connectivity index (χ2v) is 8.45. The molecule has 0 amide bonds. The molecule has 5 nitrogen and oxygen atoms in total. The van der Waals surface area contributed by atoms with Crippen molar-refractivity contribution in [3.8, 4) is 0 Å². The van der Waals surface area contributed by atoms with E-state index in [1.807, 2.05) is 6.20 Å². The Morgan fingerprint density at radius 1 is 1.07 bits per heavy atom. The molecule has 0 bridgehead atoms. The topological polar surface area (TPSA) is 62.2 Å². The fraction of sp³-hybridized carbons (Fsp3) is 0.350. The van der Waals surface area contributed by atoms with Crippen molar-refractivity contribution < 1.29 is 0 Å². The van der Waals surface area contributed by atoms with Crippen LogP contribution < -0.4 is 10.6 Å². The molecule has 8 heteroatoms. The number of hydrogen-bond donors (Lipinski definition) is 2. The van der Waals surface area contributed by atoms with Gasteiger partial charge in [0.25, 0.3) is 0 Å². The van der Waals surface area contributed by atoms with Crippen LogP contribution in [-0.2, 0) is 25.8 Å². The Morgan fingerprint density at radius 2 is 1.89 bits per heavy atom. The molecule has 3 aromatic rings. The Labute approximate surface area is 191 Å². The lowest BCUT2D eigenvalue weighted by Crippen LogP contribution is -2.37. The van der Waals surface area contributed by atoms with E-state index in [2.05, 4.69) is 63.2 Å². The molecular weight excluding hydrogens is 501 g/mol. The van der Waals surface area contributed by atoms with Gasteiger partial charge in [0.2, 0.25) is 0 Å². The minimum Gasteiger partial charge on any atom is -0.356 e. The number of thiazole rings is 2. The van der Waals surface area contributed by atoms with E-state index in [1.54, 1.807) is 29.7 Å². The van der Waals surface area contributed by atoms with Crippen LogP contribution in [0.5, 0.6) is 0 Å². The first-order valence-corrected chi connectivity index (χ1v) is 10.8. The number of aryl methyl sites for hydroxylation is 3. The largest absolute Gasteiger partial charge is 0.356 e. The zero-order valence-electron chi connectivity index (χ0n) is 16.1. The number of aliphatic imine (C=N–C) groups is 1. The standard InChI is InChI=1S/C20H25N5S2.HI/c1-15-12-23-18(27-15)10-11-22-20(21-2)24-13-17-14-26-19(25-17)9-8-16-6-4-3-5-7-16;/h3-7,12,14H,8-11,13H2,1-2H3,(H2,21,22,24);1H. The highest BCUT2D eigenvalue weighted by atomic mass is 127. The molecule has 3 rings (SSSR count). The Bertz CT molecular complexity index is 860. The predicted molar refractivity (Wildman–Crippen MR) is 130 cm³/mol. The summed E-state index contributed by atoms with van der Waals surface area (Å²) in [7, 11) is 1.79. The van der Waals surface area contributed by atoms with E-state index in [1.165, 1.54) is 15.4 Å². The lowest BCUT2D eigenvalue weighted by Gasteiger charge is -2.10. The van der Waals surface area contributed by atoms with Gasteiger partial charge < -0.3 is 10.6 Å². The van der Waals surface area contributed by atoms with Gasteiger partial charge in [0.1, 0.15) is 0 Å². The van der Waals surface area contributed by atoms with Crippen molar-refractivity contribution in [1.82, 2.24) is 20.6 Å². The summed E-state index contributed by atoms with van der Waals surface area (Å²) >= 11 is 3.47. The van der Waals surface area contributed by atoms with Crippen molar-refractivity contribution in [3.05, 3.63) is 68.1 Å². The second kappa shape index (κ2) is 12.1. The van der Waals surface area contributed by atoms with Crippen LogP contribution >= 0.6 is 46.7 Å². The number of benzene rings is 1. The molecule has 0 atom stereocenters. The van der Waals surface area contributed by atoms with E-state index in [0.717, 1.165) is 42.5 Å². The Kier molecular flexibility index (Phi) is 9.86. The van der Waals surface area contributed by atoms with Crippen molar-refractivity contribution in [3.63, 3.8) is 0 Å². The van der Waals surface area contributed by atoms with Crippen LogP contribution in [0.3, 0.4) is 0 Å². The van der Waals surface area contributed by atoms with Gasteiger partial charge >= 0.3 is 0 Å². The normalized spacial score (nSPS) is 11.1. The van der Waals surface area contributed by atoms with E-state index in [-0.39, 0.29) is 24.0 Å². The molecule has 2 N–H and O–H groups in total. The molecule has 150 valence electrons. The van der Waals surface area contributed by atoms with Crippen molar-refractivity contribution in [2.24, 2.45) is 4.99 Å². The lowest BCUT2D eigenvalue weighted by molar-refractivity contribution is 0.780. The van der Waals surface area contributed by atoms with Gasteiger partial charge in [0, 0.05) is 42.9 Å². The van der Waals surface area contributed by atoms with Crippen molar-refractivity contribution >= 4 is 52.6 Å². The summed E-state index contributed by atoms with van der Waals surface area (Å²) in [6, 6.07) is 10.6. The SMILES string of the molecule is CN=C(NCCc1ncc(C)s1)NCc1csc(CCc2ccccc2)n1.I. The van der Waals surface area contributed by atoms with E-state index < -0.39 is 0 Å². The third-order valence-electron chi connectivity index (χ3n) is 4.03. The quantitative estimate of drug-likeness (QED) is 0.262. The monoisotopic (exact) mass is 527 g/mol. The Balaban J connectivity index is 0.00000280. The molecule has 0 saturated heterocycles. The van der Waals surface area contributed by atoms with Gasteiger partial charge in [-0.3, -0.25) is 4.99 Å². The molecule has 28 heavy (non-hydrogen) atoms. The fourth-order valence-electron chi connectivity index (χ4n) is 2.64. The van der Waals surface area contributed by atoms with Crippen LogP contribution in [0.4, 0.5) is 0 Å². The molecule has 0 aliphatic heterocycles. The highest BCUT2D eigenvalue weighted by Crippen LogP contribution is 2.13.